The van der Waals surface area contributed by atoms with E-state index in [2.05, 4.69) is 30.2 Å². The quantitative estimate of drug-likeness (QED) is 0.758. The fraction of sp³-hybridized carbons (Fsp3) is 0.250. The van der Waals surface area contributed by atoms with Crippen LogP contribution in [0.2, 0.25) is 0 Å². The summed E-state index contributed by atoms with van der Waals surface area (Å²) in [6.45, 7) is 4.30. The normalized spacial score (nSPS) is 15.2. The molecular formula is C20H18ClN3OS. The molecule has 2 heterocycles. The van der Waals surface area contributed by atoms with Gasteiger partial charge < -0.3 is 5.32 Å². The standard InChI is InChI=1S/C20H18ClN3OS/c1-20(2)10-13(6-7-14-5-3-4-8-23-14)9-15-16(12-22)19(26-18(15)20)24-17(25)11-21/h3-9H,10-11H2,1-2H3,(H,24,25)/b7-6+. The molecule has 26 heavy (non-hydrogen) atoms. The number of thiophene rings is 1. The molecule has 0 bridgehead atoms. The minimum Gasteiger partial charge on any atom is -0.316 e. The van der Waals surface area contributed by atoms with Crippen molar-refractivity contribution in [1.29, 1.82) is 5.26 Å². The highest BCUT2D eigenvalue weighted by molar-refractivity contribution is 7.17. The van der Waals surface area contributed by atoms with E-state index in [0.29, 0.717) is 10.6 Å². The number of carbonyl (C=O) groups is 1. The van der Waals surface area contributed by atoms with Crippen LogP contribution in [-0.4, -0.2) is 16.8 Å². The summed E-state index contributed by atoms with van der Waals surface area (Å²) in [6, 6.07) is 8.01. The lowest BCUT2D eigenvalue weighted by atomic mass is 9.77. The summed E-state index contributed by atoms with van der Waals surface area (Å²) in [4.78, 5) is 17.1. The van der Waals surface area contributed by atoms with Crippen molar-refractivity contribution < 1.29 is 4.79 Å². The average molecular weight is 384 g/mol. The van der Waals surface area contributed by atoms with Gasteiger partial charge in [0, 0.05) is 22.1 Å². The number of hydrogen-bond donors (Lipinski definition) is 1. The third kappa shape index (κ3) is 3.72. The molecular weight excluding hydrogens is 366 g/mol. The monoisotopic (exact) mass is 383 g/mol. The summed E-state index contributed by atoms with van der Waals surface area (Å²) >= 11 is 7.05. The number of fused-ring (bicyclic) bond motifs is 1. The van der Waals surface area contributed by atoms with Gasteiger partial charge in [-0.25, -0.2) is 0 Å². The largest absolute Gasteiger partial charge is 0.316 e. The topological polar surface area (TPSA) is 65.8 Å². The van der Waals surface area contributed by atoms with Gasteiger partial charge in [-0.15, -0.1) is 22.9 Å². The van der Waals surface area contributed by atoms with Crippen LogP contribution in [0.4, 0.5) is 5.00 Å². The third-order valence-corrected chi connectivity index (χ3v) is 5.91. The van der Waals surface area contributed by atoms with Crippen molar-refractivity contribution in [3.05, 3.63) is 57.7 Å². The minimum atomic E-state index is -0.307. The van der Waals surface area contributed by atoms with Crippen molar-refractivity contribution in [3.8, 4) is 6.07 Å². The minimum absolute atomic E-state index is 0.131. The van der Waals surface area contributed by atoms with Crippen LogP contribution < -0.4 is 5.32 Å². The van der Waals surface area contributed by atoms with Gasteiger partial charge in [-0.3, -0.25) is 9.78 Å². The van der Waals surface area contributed by atoms with E-state index in [9.17, 15) is 10.1 Å². The number of hydrogen-bond acceptors (Lipinski definition) is 4. The maximum Gasteiger partial charge on any atom is 0.239 e. The van der Waals surface area contributed by atoms with Gasteiger partial charge in [0.15, 0.2) is 0 Å². The maximum absolute atomic E-state index is 11.7. The number of nitriles is 1. The molecule has 0 aromatic carbocycles. The highest BCUT2D eigenvalue weighted by Crippen LogP contribution is 2.47. The lowest BCUT2D eigenvalue weighted by Crippen LogP contribution is -2.20. The van der Waals surface area contributed by atoms with Crippen molar-refractivity contribution in [2.45, 2.75) is 25.7 Å². The third-order valence-electron chi connectivity index (χ3n) is 4.18. The van der Waals surface area contributed by atoms with E-state index >= 15 is 0 Å². The fourth-order valence-electron chi connectivity index (χ4n) is 3.04. The molecule has 2 aromatic heterocycles. The highest BCUT2D eigenvalue weighted by Gasteiger charge is 2.33. The summed E-state index contributed by atoms with van der Waals surface area (Å²) in [6.07, 6.45) is 8.66. The van der Waals surface area contributed by atoms with Crippen LogP contribution in [-0.2, 0) is 10.2 Å². The van der Waals surface area contributed by atoms with Gasteiger partial charge in [0.1, 0.15) is 17.0 Å². The number of rotatable bonds is 4. The second-order valence-corrected chi connectivity index (χ2v) is 8.00. The number of amides is 1. The molecule has 6 heteroatoms. The molecule has 1 amide bonds. The van der Waals surface area contributed by atoms with Crippen LogP contribution >= 0.6 is 22.9 Å². The zero-order chi connectivity index (χ0) is 18.7. The predicted molar refractivity (Wildman–Crippen MR) is 107 cm³/mol. The van der Waals surface area contributed by atoms with Gasteiger partial charge in [0.05, 0.1) is 11.3 Å². The molecule has 0 saturated heterocycles. The Kier molecular flexibility index (Phi) is 5.26. The first-order valence-corrected chi connectivity index (χ1v) is 9.52. The van der Waals surface area contributed by atoms with E-state index in [1.807, 2.05) is 36.4 Å². The average Bonchev–Trinajstić information content (AvgIpc) is 2.98. The molecule has 132 valence electrons. The summed E-state index contributed by atoms with van der Waals surface area (Å²) in [5.74, 6) is -0.441. The lowest BCUT2D eigenvalue weighted by Gasteiger charge is -2.29. The molecule has 0 atom stereocenters. The first kappa shape index (κ1) is 18.4. The molecule has 0 saturated carbocycles. The Morgan fingerprint density at radius 2 is 2.27 bits per heavy atom. The Bertz CT molecular complexity index is 936. The summed E-state index contributed by atoms with van der Waals surface area (Å²) in [5, 5.41) is 12.9. The Labute approximate surface area is 161 Å². The number of aromatic nitrogens is 1. The molecule has 0 unspecified atom stereocenters. The molecule has 3 rings (SSSR count). The predicted octanol–water partition coefficient (Wildman–Crippen LogP) is 4.97. The Morgan fingerprint density at radius 1 is 1.46 bits per heavy atom. The second kappa shape index (κ2) is 7.45. The molecule has 0 spiro atoms. The first-order valence-electron chi connectivity index (χ1n) is 8.17. The highest BCUT2D eigenvalue weighted by atomic mass is 35.5. The molecule has 0 fully saturated rings. The van der Waals surface area contributed by atoms with E-state index in [-0.39, 0.29) is 17.2 Å². The number of pyridine rings is 1. The first-order chi connectivity index (χ1) is 12.4. The van der Waals surface area contributed by atoms with E-state index in [1.165, 1.54) is 11.3 Å². The summed E-state index contributed by atoms with van der Waals surface area (Å²) in [7, 11) is 0. The molecule has 1 aliphatic carbocycles. The zero-order valence-electron chi connectivity index (χ0n) is 14.5. The van der Waals surface area contributed by atoms with Gasteiger partial charge in [-0.05, 0) is 36.3 Å². The van der Waals surface area contributed by atoms with E-state index in [0.717, 1.165) is 28.1 Å². The number of carbonyl (C=O) groups excluding carboxylic acids is 1. The number of nitrogens with zero attached hydrogens (tertiary/aromatic N) is 2. The lowest BCUT2D eigenvalue weighted by molar-refractivity contribution is -0.113. The van der Waals surface area contributed by atoms with Crippen LogP contribution in [0.1, 0.15) is 42.0 Å². The smallest absolute Gasteiger partial charge is 0.239 e. The van der Waals surface area contributed by atoms with E-state index in [1.54, 1.807) is 6.20 Å². The fourth-order valence-corrected chi connectivity index (χ4v) is 4.36. The van der Waals surface area contributed by atoms with Gasteiger partial charge in [0.2, 0.25) is 5.91 Å². The van der Waals surface area contributed by atoms with Crippen molar-refractivity contribution >= 4 is 46.0 Å². The Balaban J connectivity index is 2.01. The Morgan fingerprint density at radius 3 is 2.92 bits per heavy atom. The molecule has 0 aliphatic heterocycles. The van der Waals surface area contributed by atoms with Gasteiger partial charge in [-0.2, -0.15) is 5.26 Å². The molecule has 1 N–H and O–H groups in total. The zero-order valence-corrected chi connectivity index (χ0v) is 16.1. The van der Waals surface area contributed by atoms with Gasteiger partial charge in [-0.1, -0.05) is 26.0 Å². The summed E-state index contributed by atoms with van der Waals surface area (Å²) < 4.78 is 0. The molecule has 2 aromatic rings. The van der Waals surface area contributed by atoms with Crippen LogP contribution in [0.3, 0.4) is 0 Å². The maximum atomic E-state index is 11.7. The van der Waals surface area contributed by atoms with Crippen LogP contribution in [0.25, 0.3) is 12.2 Å². The SMILES string of the molecule is CC1(C)CC(/C=C/c2ccccn2)=Cc2c1sc(NC(=O)CCl)c2C#N. The van der Waals surface area contributed by atoms with Crippen LogP contribution in [0.15, 0.2) is 36.0 Å². The number of allylic oxidation sites excluding steroid dienone is 2. The van der Waals surface area contributed by atoms with Crippen molar-refractivity contribution in [2.24, 2.45) is 0 Å². The van der Waals surface area contributed by atoms with Crippen molar-refractivity contribution in [2.75, 3.05) is 11.2 Å². The van der Waals surface area contributed by atoms with Crippen LogP contribution in [0, 0.1) is 11.3 Å². The number of halogens is 1. The van der Waals surface area contributed by atoms with Crippen LogP contribution in [0.5, 0.6) is 0 Å². The molecule has 1 aliphatic rings. The molecule has 0 radical (unpaired) electrons. The second-order valence-electron chi connectivity index (χ2n) is 6.71. The van der Waals surface area contributed by atoms with E-state index < -0.39 is 0 Å². The summed E-state index contributed by atoms with van der Waals surface area (Å²) in [5.41, 5.74) is 3.27. The Hall–Kier alpha value is -2.42. The van der Waals surface area contributed by atoms with E-state index in [4.69, 9.17) is 11.6 Å². The van der Waals surface area contributed by atoms with Crippen molar-refractivity contribution in [1.82, 2.24) is 4.98 Å². The molecule has 4 nitrogen and oxygen atoms in total. The van der Waals surface area contributed by atoms with Crippen molar-refractivity contribution in [3.63, 3.8) is 0 Å². The number of alkyl halides is 1. The van der Waals surface area contributed by atoms with Gasteiger partial charge >= 0.3 is 0 Å². The number of anilines is 1. The number of nitrogens with one attached hydrogen (secondary N) is 1. The van der Waals surface area contributed by atoms with Gasteiger partial charge in [0.25, 0.3) is 0 Å².